The Balaban J connectivity index is 1.82. The molecular formula is C16H10BrClFN3O2. The highest BCUT2D eigenvalue weighted by Crippen LogP contribution is 2.37. The lowest BCUT2D eigenvalue weighted by molar-refractivity contribution is 0.172. The fourth-order valence-electron chi connectivity index (χ4n) is 2.47. The van der Waals surface area contributed by atoms with Crippen molar-refractivity contribution in [3.05, 3.63) is 45.9 Å². The number of hydrogen-bond donors (Lipinski definition) is 1. The smallest absolute Gasteiger partial charge is 0.163 e. The van der Waals surface area contributed by atoms with E-state index in [4.69, 9.17) is 21.1 Å². The number of nitrogens with one attached hydrogen (secondary N) is 1. The van der Waals surface area contributed by atoms with Crippen molar-refractivity contribution in [2.45, 2.75) is 0 Å². The predicted octanol–water partition coefficient (Wildman–Crippen LogP) is 4.70. The SMILES string of the molecule is Fc1c(Br)cc(Cl)cc1Nc1ncnc2cc3c(cc12)OCCO3. The molecule has 2 heterocycles. The van der Waals surface area contributed by atoms with Crippen LogP contribution in [0.1, 0.15) is 0 Å². The van der Waals surface area contributed by atoms with Gasteiger partial charge in [-0.25, -0.2) is 14.4 Å². The van der Waals surface area contributed by atoms with Crippen molar-refractivity contribution in [1.82, 2.24) is 9.97 Å². The van der Waals surface area contributed by atoms with Gasteiger partial charge < -0.3 is 14.8 Å². The summed E-state index contributed by atoms with van der Waals surface area (Å²) in [5, 5.41) is 4.06. The van der Waals surface area contributed by atoms with Gasteiger partial charge in [-0.1, -0.05) is 11.6 Å². The first kappa shape index (κ1) is 15.4. The summed E-state index contributed by atoms with van der Waals surface area (Å²) < 4.78 is 25.7. The van der Waals surface area contributed by atoms with Crippen LogP contribution in [0.3, 0.4) is 0 Å². The molecule has 1 aliphatic heterocycles. The second-order valence-corrected chi connectivity index (χ2v) is 6.40. The molecule has 0 aliphatic carbocycles. The molecule has 0 atom stereocenters. The van der Waals surface area contributed by atoms with E-state index in [1.165, 1.54) is 18.5 Å². The first-order valence-electron chi connectivity index (χ1n) is 7.08. The van der Waals surface area contributed by atoms with Crippen LogP contribution in [0.2, 0.25) is 5.02 Å². The summed E-state index contributed by atoms with van der Waals surface area (Å²) in [6.45, 7) is 0.973. The van der Waals surface area contributed by atoms with Crippen LogP contribution >= 0.6 is 27.5 Å². The van der Waals surface area contributed by atoms with Gasteiger partial charge in [-0.05, 0) is 34.1 Å². The lowest BCUT2D eigenvalue weighted by Gasteiger charge is -2.19. The Morgan fingerprint density at radius 3 is 2.62 bits per heavy atom. The fourth-order valence-corrected chi connectivity index (χ4v) is 3.28. The Bertz CT molecular complexity index is 954. The van der Waals surface area contributed by atoms with Crippen molar-refractivity contribution in [1.29, 1.82) is 0 Å². The van der Waals surface area contributed by atoms with Gasteiger partial charge in [0.15, 0.2) is 17.3 Å². The molecule has 1 aliphatic rings. The molecule has 0 amide bonds. The average Bonchev–Trinajstić information content (AvgIpc) is 2.58. The van der Waals surface area contributed by atoms with E-state index in [0.717, 1.165) is 0 Å². The van der Waals surface area contributed by atoms with Gasteiger partial charge in [0.2, 0.25) is 0 Å². The fraction of sp³-hybridized carbons (Fsp3) is 0.125. The maximum atomic E-state index is 14.3. The molecule has 1 aromatic heterocycles. The second-order valence-electron chi connectivity index (χ2n) is 5.11. The normalized spacial score (nSPS) is 13.1. The zero-order chi connectivity index (χ0) is 16.7. The van der Waals surface area contributed by atoms with E-state index in [0.29, 0.717) is 46.5 Å². The highest BCUT2D eigenvalue weighted by atomic mass is 79.9. The minimum atomic E-state index is -0.455. The number of anilines is 2. The van der Waals surface area contributed by atoms with Crippen LogP contribution in [0.25, 0.3) is 10.9 Å². The number of aromatic nitrogens is 2. The summed E-state index contributed by atoms with van der Waals surface area (Å²) in [4.78, 5) is 8.44. The maximum absolute atomic E-state index is 14.3. The molecule has 0 saturated heterocycles. The van der Waals surface area contributed by atoms with Crippen molar-refractivity contribution < 1.29 is 13.9 Å². The standard InChI is InChI=1S/C16H10BrClFN3O2/c17-10-3-8(18)4-12(15(10)19)22-16-9-5-13-14(24-2-1-23-13)6-11(9)20-7-21-16/h3-7H,1-2H2,(H,20,21,22). The van der Waals surface area contributed by atoms with E-state index in [9.17, 15) is 4.39 Å². The van der Waals surface area contributed by atoms with Gasteiger partial charge in [-0.15, -0.1) is 0 Å². The van der Waals surface area contributed by atoms with Crippen LogP contribution in [0.4, 0.5) is 15.9 Å². The molecule has 0 saturated carbocycles. The van der Waals surface area contributed by atoms with Crippen molar-refractivity contribution in [3.63, 3.8) is 0 Å². The number of rotatable bonds is 2. The van der Waals surface area contributed by atoms with Gasteiger partial charge in [0.25, 0.3) is 0 Å². The Labute approximate surface area is 149 Å². The Morgan fingerprint density at radius 1 is 1.08 bits per heavy atom. The Hall–Kier alpha value is -2.12. The van der Waals surface area contributed by atoms with E-state index in [1.54, 1.807) is 12.1 Å². The molecule has 0 spiro atoms. The topological polar surface area (TPSA) is 56.3 Å². The van der Waals surface area contributed by atoms with Crippen molar-refractivity contribution >= 4 is 49.9 Å². The first-order valence-corrected chi connectivity index (χ1v) is 8.25. The van der Waals surface area contributed by atoms with E-state index in [-0.39, 0.29) is 10.2 Å². The van der Waals surface area contributed by atoms with Crippen molar-refractivity contribution in [2.24, 2.45) is 0 Å². The predicted molar refractivity (Wildman–Crippen MR) is 92.9 cm³/mol. The van der Waals surface area contributed by atoms with Crippen LogP contribution in [-0.2, 0) is 0 Å². The molecule has 3 aromatic rings. The van der Waals surface area contributed by atoms with Gasteiger partial charge in [-0.2, -0.15) is 0 Å². The first-order chi connectivity index (χ1) is 11.6. The van der Waals surface area contributed by atoms with Gasteiger partial charge in [0.1, 0.15) is 25.4 Å². The molecule has 0 unspecified atom stereocenters. The molecule has 122 valence electrons. The third-order valence-corrected chi connectivity index (χ3v) is 4.34. The number of benzene rings is 2. The van der Waals surface area contributed by atoms with Crippen molar-refractivity contribution in [2.75, 3.05) is 18.5 Å². The number of ether oxygens (including phenoxy) is 2. The lowest BCUT2D eigenvalue weighted by Crippen LogP contribution is -2.15. The van der Waals surface area contributed by atoms with Gasteiger partial charge >= 0.3 is 0 Å². The molecule has 0 bridgehead atoms. The third-order valence-electron chi connectivity index (χ3n) is 3.55. The average molecular weight is 411 g/mol. The molecule has 5 nitrogen and oxygen atoms in total. The molecule has 24 heavy (non-hydrogen) atoms. The summed E-state index contributed by atoms with van der Waals surface area (Å²) >= 11 is 9.14. The number of nitrogens with zero attached hydrogens (tertiary/aromatic N) is 2. The van der Waals surface area contributed by atoms with E-state index in [1.807, 2.05) is 0 Å². The summed E-state index contributed by atoms with van der Waals surface area (Å²) in [5.74, 6) is 1.24. The van der Waals surface area contributed by atoms with Crippen molar-refractivity contribution in [3.8, 4) is 11.5 Å². The lowest BCUT2D eigenvalue weighted by atomic mass is 10.2. The molecule has 0 radical (unpaired) electrons. The zero-order valence-corrected chi connectivity index (χ0v) is 14.5. The highest BCUT2D eigenvalue weighted by Gasteiger charge is 2.16. The van der Waals surface area contributed by atoms with Crippen LogP contribution < -0.4 is 14.8 Å². The van der Waals surface area contributed by atoms with E-state index < -0.39 is 5.82 Å². The van der Waals surface area contributed by atoms with Crippen LogP contribution in [0, 0.1) is 5.82 Å². The van der Waals surface area contributed by atoms with Crippen LogP contribution in [0.5, 0.6) is 11.5 Å². The van der Waals surface area contributed by atoms with Gasteiger partial charge in [0.05, 0.1) is 15.7 Å². The minimum Gasteiger partial charge on any atom is -0.486 e. The quantitative estimate of drug-likeness (QED) is 0.621. The number of hydrogen-bond acceptors (Lipinski definition) is 5. The highest BCUT2D eigenvalue weighted by molar-refractivity contribution is 9.10. The number of halogens is 3. The largest absolute Gasteiger partial charge is 0.486 e. The van der Waals surface area contributed by atoms with E-state index in [2.05, 4.69) is 31.2 Å². The summed E-state index contributed by atoms with van der Waals surface area (Å²) in [7, 11) is 0. The molecule has 2 aromatic carbocycles. The van der Waals surface area contributed by atoms with Gasteiger partial charge in [-0.3, -0.25) is 0 Å². The van der Waals surface area contributed by atoms with Gasteiger partial charge in [0, 0.05) is 16.5 Å². The Kier molecular flexibility index (Phi) is 3.90. The monoisotopic (exact) mass is 409 g/mol. The zero-order valence-electron chi connectivity index (χ0n) is 12.1. The molecular weight excluding hydrogens is 401 g/mol. The third kappa shape index (κ3) is 2.74. The molecule has 1 N–H and O–H groups in total. The minimum absolute atomic E-state index is 0.212. The summed E-state index contributed by atoms with van der Waals surface area (Å²) in [6, 6.07) is 6.54. The summed E-state index contributed by atoms with van der Waals surface area (Å²) in [5.41, 5.74) is 0.877. The second kappa shape index (κ2) is 6.07. The van der Waals surface area contributed by atoms with Crippen LogP contribution in [-0.4, -0.2) is 23.2 Å². The molecule has 4 rings (SSSR count). The van der Waals surface area contributed by atoms with Crippen LogP contribution in [0.15, 0.2) is 35.1 Å². The summed E-state index contributed by atoms with van der Waals surface area (Å²) in [6.07, 6.45) is 1.40. The maximum Gasteiger partial charge on any atom is 0.163 e. The molecule has 8 heteroatoms. The number of fused-ring (bicyclic) bond motifs is 2. The molecule has 0 fully saturated rings. The van der Waals surface area contributed by atoms with E-state index >= 15 is 0 Å². The Morgan fingerprint density at radius 2 is 1.83 bits per heavy atom.